The molecule has 21 heteroatoms. The number of benzene rings is 2. The van der Waals surface area contributed by atoms with Gasteiger partial charge < -0.3 is 43.9 Å². The van der Waals surface area contributed by atoms with Gasteiger partial charge in [0.1, 0.15) is 50.6 Å². The zero-order valence-corrected chi connectivity index (χ0v) is 61.1. The molecule has 2 amide bonds. The molecule has 0 saturated heterocycles. The first kappa shape index (κ1) is 75.3. The van der Waals surface area contributed by atoms with Crippen molar-refractivity contribution in [3.63, 3.8) is 0 Å². The first-order chi connectivity index (χ1) is 47.4. The third kappa shape index (κ3) is 16.8. The Morgan fingerprint density at radius 3 is 2.10 bits per heavy atom. The predicted octanol–water partition coefficient (Wildman–Crippen LogP) is 14.3. The zero-order chi connectivity index (χ0) is 71.6. The molecule has 532 valence electrons. The third-order valence-electron chi connectivity index (χ3n) is 20.7. The Labute approximate surface area is 589 Å². The number of aliphatic hydroxyl groups is 1. The Morgan fingerprint density at radius 1 is 0.818 bits per heavy atom. The van der Waals surface area contributed by atoms with Gasteiger partial charge in [-0.2, -0.15) is 0 Å². The molecule has 5 aliphatic rings. The van der Waals surface area contributed by atoms with Gasteiger partial charge in [0, 0.05) is 96.7 Å². The van der Waals surface area contributed by atoms with Crippen molar-refractivity contribution in [1.82, 2.24) is 29.7 Å². The summed E-state index contributed by atoms with van der Waals surface area (Å²) < 4.78 is 23.1. The van der Waals surface area contributed by atoms with Crippen LogP contribution in [0.1, 0.15) is 173 Å². The Balaban J connectivity index is 0.000000188. The number of carboxylic acid groups (broad SMARTS) is 1. The Kier molecular flexibility index (Phi) is 25.2. The number of fused-ring (bicyclic) bond motifs is 4. The van der Waals surface area contributed by atoms with Gasteiger partial charge in [-0.3, -0.25) is 33.6 Å². The molecule has 3 N–H and O–H groups in total. The molecule has 6 aromatic rings. The maximum Gasteiger partial charge on any atom is 0.313 e. The quantitative estimate of drug-likeness (QED) is 0.0306. The van der Waals surface area contributed by atoms with Crippen LogP contribution in [0.15, 0.2) is 89.4 Å². The topological polar surface area (TPSA) is 258 Å². The number of hydrogen-bond donors (Lipinski definition) is 3. The summed E-state index contributed by atoms with van der Waals surface area (Å²) in [6.07, 6.45) is 15.6. The van der Waals surface area contributed by atoms with Crippen molar-refractivity contribution < 1.29 is 57.9 Å². The SMILES string of the molecule is C=CCCCCN(C)C(=O)[C@@H]1C[C@@H](O)C[C@H]1C(=O)C[C@]1(C(=O)OCC)C[C@H]1C=C.CCc1c(OC)ccc2c(=O)cc(-c3nc(C(C)C)cs3)[nH]c12.CCc1c(OC)ccc2c(O[C@@H]3C[C@H]4C(=O)C[C@]5(C(=O)O)C[C@H]5/C=C\CCCCN(C)C(=O)[C@@H]4C3)cc(-c3nc(C(C)C)cs3)nc12. The summed E-state index contributed by atoms with van der Waals surface area (Å²) in [4.78, 5) is 113. The number of rotatable bonds is 23. The van der Waals surface area contributed by atoms with Gasteiger partial charge in [-0.15, -0.1) is 35.8 Å². The molecule has 0 spiro atoms. The number of carboxylic acids is 1. The van der Waals surface area contributed by atoms with E-state index in [4.69, 9.17) is 28.9 Å². The first-order valence-corrected chi connectivity index (χ1v) is 37.0. The number of methoxy groups -OCH3 is 2. The number of Topliss-reactive ketones (excluding diaryl/α,β-unsaturated/α-hetero) is 2. The molecule has 4 saturated carbocycles. The molecule has 4 aromatic heterocycles. The number of H-pyrrole nitrogens is 1. The number of allylic oxidation sites excluding steroid dienone is 4. The lowest BCUT2D eigenvalue weighted by Gasteiger charge is -2.25. The summed E-state index contributed by atoms with van der Waals surface area (Å²) >= 11 is 3.10. The van der Waals surface area contributed by atoms with Crippen LogP contribution in [0.25, 0.3) is 43.2 Å². The van der Waals surface area contributed by atoms with Crippen LogP contribution in [0.2, 0.25) is 0 Å². The van der Waals surface area contributed by atoms with Gasteiger partial charge in [-0.1, -0.05) is 65.8 Å². The van der Waals surface area contributed by atoms with Crippen molar-refractivity contribution >= 4 is 79.8 Å². The van der Waals surface area contributed by atoms with E-state index in [1.54, 1.807) is 79.9 Å². The molecule has 5 heterocycles. The van der Waals surface area contributed by atoms with Crippen molar-refractivity contribution in [2.45, 2.75) is 175 Å². The number of thiazole rings is 2. The first-order valence-electron chi connectivity index (χ1n) is 35.3. The lowest BCUT2D eigenvalue weighted by Crippen LogP contribution is -2.38. The number of nitrogens with one attached hydrogen (secondary N) is 1. The van der Waals surface area contributed by atoms with Crippen molar-refractivity contribution in [2.75, 3.05) is 48.0 Å². The number of carbonyl (C=O) groups is 6. The van der Waals surface area contributed by atoms with Crippen LogP contribution >= 0.6 is 22.7 Å². The number of esters is 1. The molecule has 99 heavy (non-hydrogen) atoms. The molecule has 0 bridgehead atoms. The minimum atomic E-state index is -1.08. The largest absolute Gasteiger partial charge is 0.496 e. The Bertz CT molecular complexity index is 4040. The van der Waals surface area contributed by atoms with Gasteiger partial charge >= 0.3 is 11.9 Å². The average molecular weight is 1390 g/mol. The molecule has 1 aliphatic heterocycles. The Morgan fingerprint density at radius 2 is 1.47 bits per heavy atom. The number of carbonyl (C=O) groups excluding carboxylic acids is 5. The van der Waals surface area contributed by atoms with E-state index in [-0.39, 0.29) is 78.4 Å². The highest BCUT2D eigenvalue weighted by Crippen LogP contribution is 2.59. The molecule has 4 fully saturated rings. The van der Waals surface area contributed by atoms with E-state index in [0.717, 1.165) is 111 Å². The van der Waals surface area contributed by atoms with E-state index in [2.05, 4.69) is 75.4 Å². The molecule has 4 aliphatic carbocycles. The standard InChI is InChI=1S/C37H45N3O6S.C23H35NO5.C18H20N2O2S/c1-6-24-31(45-5)13-12-25-32(17-28(38-33(24)25)34-39-29(20-47-34)21(2)3)46-23-15-26-27(16-23)35(42)40(4)14-10-8-7-9-11-22-18-37(22,36(43)44)19-30(26)41;1-5-8-9-10-11-24(4)21(27)19-13-17(25)12-18(19)20(26)15-23(14-16(23)6-2)22(28)29-7-3;1-5-11-16(22-4)7-6-12-15(21)8-13(19-17(11)12)18-20-14(9-23-18)10(2)3/h9,11-13,17,20-23,26-27H,6-8,10,14-16,18-19H2,1-5H3,(H,43,44);5-6,16-19,25H,1-2,7-15H2,3-4H3;6-10H,5H2,1-4H3,(H,19,21)/b11-9-;;/t22-,23-,26-,27-,37-;16-,17+,18-,19-,23-;/m11./s1. The summed E-state index contributed by atoms with van der Waals surface area (Å²) in [6, 6.07) is 11.1. The fraction of sp³-hybridized carbons (Fsp3) is 0.538. The highest BCUT2D eigenvalue weighted by Gasteiger charge is 2.62. The van der Waals surface area contributed by atoms with Crippen molar-refractivity contribution in [3.8, 4) is 38.7 Å². The highest BCUT2D eigenvalue weighted by molar-refractivity contribution is 7.13. The monoisotopic (exact) mass is 1390 g/mol. The predicted molar refractivity (Wildman–Crippen MR) is 389 cm³/mol. The number of unbranched alkanes of at least 4 members (excludes halogenated alkanes) is 2. The second-order valence-electron chi connectivity index (χ2n) is 28.0. The van der Waals surface area contributed by atoms with Gasteiger partial charge in [0.25, 0.3) is 0 Å². The summed E-state index contributed by atoms with van der Waals surface area (Å²) in [7, 11) is 6.85. The normalized spacial score (nSPS) is 24.5. The molecule has 0 unspecified atom stereocenters. The number of nitrogens with zero attached hydrogens (tertiary/aromatic N) is 5. The zero-order valence-electron chi connectivity index (χ0n) is 59.5. The van der Waals surface area contributed by atoms with Crippen LogP contribution < -0.4 is 19.6 Å². The van der Waals surface area contributed by atoms with Crippen LogP contribution in [-0.4, -0.2) is 135 Å². The molecule has 10 atom stereocenters. The van der Waals surface area contributed by atoms with Crippen LogP contribution in [-0.2, 0) is 46.3 Å². The van der Waals surface area contributed by atoms with Crippen molar-refractivity contribution in [1.29, 1.82) is 0 Å². The lowest BCUT2D eigenvalue weighted by molar-refractivity contribution is -0.152. The number of amides is 2. The van der Waals surface area contributed by atoms with Gasteiger partial charge in [0.2, 0.25) is 11.8 Å². The van der Waals surface area contributed by atoms with Gasteiger partial charge in [0.15, 0.2) is 5.43 Å². The molecule has 19 nitrogen and oxygen atoms in total. The third-order valence-corrected chi connectivity index (χ3v) is 22.5. The van der Waals surface area contributed by atoms with Crippen molar-refractivity contribution in [2.24, 2.45) is 46.3 Å². The second-order valence-corrected chi connectivity index (χ2v) is 29.7. The molecule has 0 radical (unpaired) electrons. The smallest absolute Gasteiger partial charge is 0.313 e. The summed E-state index contributed by atoms with van der Waals surface area (Å²) in [6.45, 7) is 23.3. The fourth-order valence-electron chi connectivity index (χ4n) is 14.7. The molecule has 2 aromatic carbocycles. The second kappa shape index (κ2) is 33.1. The van der Waals surface area contributed by atoms with Crippen molar-refractivity contribution in [3.05, 3.63) is 117 Å². The maximum atomic E-state index is 14.0. The Hall–Kier alpha value is -7.88. The number of aromatic nitrogens is 4. The van der Waals surface area contributed by atoms with Crippen LogP contribution in [0, 0.1) is 46.3 Å². The van der Waals surface area contributed by atoms with Crippen LogP contribution in [0.3, 0.4) is 0 Å². The average Bonchev–Trinajstić information content (AvgIpc) is 1.66. The van der Waals surface area contributed by atoms with E-state index in [1.165, 1.54) is 0 Å². The summed E-state index contributed by atoms with van der Waals surface area (Å²) in [5.74, 6) is -1.37. The number of ketones is 2. The van der Waals surface area contributed by atoms with E-state index < -0.39 is 52.7 Å². The van der Waals surface area contributed by atoms with E-state index >= 15 is 0 Å². The van der Waals surface area contributed by atoms with E-state index in [1.807, 2.05) is 48.6 Å². The number of aryl methyl sites for hydroxylation is 2. The number of aliphatic carboxylic acids is 1. The summed E-state index contributed by atoms with van der Waals surface area (Å²) in [5.41, 5.74) is 5.21. The fourth-order valence-corrected chi connectivity index (χ4v) is 16.5. The molecule has 11 rings (SSSR count). The van der Waals surface area contributed by atoms with E-state index in [9.17, 15) is 43.8 Å². The number of aliphatic hydroxyl groups excluding tert-OH is 1. The van der Waals surface area contributed by atoms with Crippen LogP contribution in [0.4, 0.5) is 0 Å². The highest BCUT2D eigenvalue weighted by atomic mass is 32.1. The summed E-state index contributed by atoms with van der Waals surface area (Å²) in [5, 5.41) is 27.6. The molecular weight excluding hydrogens is 1290 g/mol. The number of aromatic amines is 1. The van der Waals surface area contributed by atoms with E-state index in [0.29, 0.717) is 74.4 Å². The van der Waals surface area contributed by atoms with Gasteiger partial charge in [-0.25, -0.2) is 15.0 Å². The number of hydrogen-bond acceptors (Lipinski definition) is 17. The van der Waals surface area contributed by atoms with Gasteiger partial charge in [-0.05, 0) is 145 Å². The minimum absolute atomic E-state index is 0.00685. The van der Waals surface area contributed by atoms with Crippen LogP contribution in [0.5, 0.6) is 17.2 Å². The number of ether oxygens (including phenoxy) is 4. The number of pyridine rings is 2. The lowest BCUT2D eigenvalue weighted by atomic mass is 9.84. The van der Waals surface area contributed by atoms with Gasteiger partial charge in [0.05, 0.1) is 77.7 Å². The molecular formula is C78H100N6O13S2. The minimum Gasteiger partial charge on any atom is -0.496 e. The maximum absolute atomic E-state index is 14.0.